The summed E-state index contributed by atoms with van der Waals surface area (Å²) in [7, 11) is -2.11. The Morgan fingerprint density at radius 1 is 0.203 bits per heavy atom. The van der Waals surface area contributed by atoms with E-state index in [4.69, 9.17) is 0 Å². The number of nitrogens with zero attached hydrogens (tertiary/aromatic N) is 2. The van der Waals surface area contributed by atoms with E-state index >= 15 is 0 Å². The van der Waals surface area contributed by atoms with Gasteiger partial charge in [0.15, 0.2) is 0 Å². The van der Waals surface area contributed by atoms with Crippen molar-refractivity contribution in [1.82, 2.24) is 9.13 Å². The Hall–Kier alpha value is -8.63. The largest absolute Gasteiger partial charge is 0.309 e. The summed E-state index contributed by atoms with van der Waals surface area (Å²) >= 11 is 0. The van der Waals surface area contributed by atoms with Gasteiger partial charge in [-0.3, -0.25) is 0 Å². The van der Waals surface area contributed by atoms with Crippen LogP contribution >= 0.6 is 10.0 Å². The molecule has 3 heteroatoms. The minimum absolute atomic E-state index is 1.14. The molecule has 2 aromatic heterocycles. The van der Waals surface area contributed by atoms with E-state index in [1.165, 1.54) is 108 Å². The van der Waals surface area contributed by atoms with Crippen LogP contribution in [0, 0.1) is 0 Å². The van der Waals surface area contributed by atoms with Crippen molar-refractivity contribution < 1.29 is 0 Å². The maximum atomic E-state index is 2.54. The van der Waals surface area contributed by atoms with Crippen LogP contribution in [-0.4, -0.2) is 9.13 Å². The second kappa shape index (κ2) is 15.7. The highest BCUT2D eigenvalue weighted by molar-refractivity contribution is 8.34. The first kappa shape index (κ1) is 39.5. The molecular formula is C66H44N2S. The molecule has 0 bridgehead atoms. The number of benzene rings is 11. The fraction of sp³-hybridized carbons (Fsp3) is 0. The molecule has 14 rings (SSSR count). The van der Waals surface area contributed by atoms with E-state index in [2.05, 4.69) is 276 Å². The van der Waals surface area contributed by atoms with Gasteiger partial charge in [-0.15, -0.1) is 10.0 Å². The Morgan fingerprint density at radius 3 is 1.10 bits per heavy atom. The number of para-hydroxylation sites is 3. The monoisotopic (exact) mass is 896 g/mol. The molecule has 0 N–H and O–H groups in total. The molecule has 69 heavy (non-hydrogen) atoms. The smallest absolute Gasteiger partial charge is 0.0542 e. The lowest BCUT2D eigenvalue weighted by Crippen LogP contribution is -2.06. The first-order chi connectivity index (χ1) is 34.3. The second-order valence-corrected chi connectivity index (χ2v) is 21.1. The first-order valence-corrected chi connectivity index (χ1v) is 25.4. The normalized spacial score (nSPS) is 12.3. The SMILES string of the molecule is c1ccc(-n2c3ccccc3c3cc(-n4c5ccccc5c5cc(S(c6ccccc6)(c6ccccc6)c6ccc7c(c6)-c6ccccc6-c6ccccc6-c6ccccc6-7)ccc54)ccc32)cc1. The van der Waals surface area contributed by atoms with Crippen LogP contribution in [0.15, 0.2) is 287 Å². The molecule has 0 radical (unpaired) electrons. The van der Waals surface area contributed by atoms with E-state index in [1.807, 2.05) is 0 Å². The average Bonchev–Trinajstić information content (AvgIpc) is 3.94. The second-order valence-electron chi connectivity index (χ2n) is 18.0. The van der Waals surface area contributed by atoms with E-state index < -0.39 is 10.0 Å². The number of rotatable bonds is 6. The zero-order valence-electron chi connectivity index (χ0n) is 37.7. The van der Waals surface area contributed by atoms with Gasteiger partial charge in [0, 0.05) is 52.5 Å². The first-order valence-electron chi connectivity index (χ1n) is 23.7. The van der Waals surface area contributed by atoms with Crippen molar-refractivity contribution in [3.05, 3.63) is 267 Å². The van der Waals surface area contributed by atoms with Crippen LogP contribution in [0.4, 0.5) is 0 Å². The third-order valence-electron chi connectivity index (χ3n) is 14.4. The van der Waals surface area contributed by atoms with Gasteiger partial charge in [-0.1, -0.05) is 170 Å². The van der Waals surface area contributed by atoms with E-state index in [0.717, 1.165) is 11.4 Å². The Balaban J connectivity index is 1.04. The van der Waals surface area contributed by atoms with Crippen LogP contribution < -0.4 is 0 Å². The summed E-state index contributed by atoms with van der Waals surface area (Å²) in [6.45, 7) is 0. The molecule has 324 valence electrons. The Kier molecular flexibility index (Phi) is 9.02. The highest BCUT2D eigenvalue weighted by Gasteiger charge is 2.35. The summed E-state index contributed by atoms with van der Waals surface area (Å²) in [5, 5.41) is 4.95. The summed E-state index contributed by atoms with van der Waals surface area (Å²) in [5.41, 5.74) is 17.1. The van der Waals surface area contributed by atoms with Crippen molar-refractivity contribution >= 4 is 53.6 Å². The Bertz CT molecular complexity index is 4080. The molecule has 2 nitrogen and oxygen atoms in total. The van der Waals surface area contributed by atoms with Gasteiger partial charge in [-0.25, -0.2) is 0 Å². The number of fused-ring (bicyclic) bond motifs is 14. The van der Waals surface area contributed by atoms with Gasteiger partial charge >= 0.3 is 0 Å². The number of aromatic nitrogens is 2. The maximum Gasteiger partial charge on any atom is 0.0542 e. The van der Waals surface area contributed by atoms with E-state index in [9.17, 15) is 0 Å². The zero-order chi connectivity index (χ0) is 45.5. The summed E-state index contributed by atoms with van der Waals surface area (Å²) in [5.74, 6) is 0. The third-order valence-corrected chi connectivity index (χ3v) is 18.3. The number of hydrogen-bond acceptors (Lipinski definition) is 0. The highest BCUT2D eigenvalue weighted by Crippen LogP contribution is 2.74. The van der Waals surface area contributed by atoms with Crippen LogP contribution in [0.2, 0.25) is 0 Å². The van der Waals surface area contributed by atoms with E-state index in [1.54, 1.807) is 0 Å². The molecule has 0 fully saturated rings. The molecule has 0 aliphatic heterocycles. The van der Waals surface area contributed by atoms with Gasteiger partial charge in [-0.05, 0) is 142 Å². The molecule has 0 saturated carbocycles. The Morgan fingerprint density at radius 2 is 0.565 bits per heavy atom. The van der Waals surface area contributed by atoms with Crippen LogP contribution in [0.3, 0.4) is 0 Å². The van der Waals surface area contributed by atoms with Gasteiger partial charge in [0.1, 0.15) is 0 Å². The van der Waals surface area contributed by atoms with Crippen molar-refractivity contribution in [2.75, 3.05) is 0 Å². The van der Waals surface area contributed by atoms with Crippen LogP contribution in [0.25, 0.3) is 99.5 Å². The molecule has 0 atom stereocenters. The van der Waals surface area contributed by atoms with Crippen LogP contribution in [-0.2, 0) is 0 Å². The quantitative estimate of drug-likeness (QED) is 0.157. The van der Waals surface area contributed by atoms with Crippen molar-refractivity contribution in [2.45, 2.75) is 19.6 Å². The van der Waals surface area contributed by atoms with E-state index in [0.29, 0.717) is 0 Å². The zero-order valence-corrected chi connectivity index (χ0v) is 38.5. The molecule has 1 aliphatic rings. The summed E-state index contributed by atoms with van der Waals surface area (Å²) < 4.78 is 4.87. The molecular weight excluding hydrogens is 853 g/mol. The van der Waals surface area contributed by atoms with Crippen molar-refractivity contribution in [1.29, 1.82) is 0 Å². The molecule has 2 heterocycles. The van der Waals surface area contributed by atoms with Crippen molar-refractivity contribution in [3.63, 3.8) is 0 Å². The van der Waals surface area contributed by atoms with Gasteiger partial charge in [0.25, 0.3) is 0 Å². The number of hydrogen-bond donors (Lipinski definition) is 0. The van der Waals surface area contributed by atoms with E-state index in [-0.39, 0.29) is 0 Å². The molecule has 0 saturated heterocycles. The van der Waals surface area contributed by atoms with Gasteiger partial charge < -0.3 is 9.13 Å². The standard InChI is InChI=1S/C66H44N2S/c1-4-20-45(21-5-1)67-63-34-18-16-32-58(63)61-42-46(36-40-65(61)67)68-64-35-19-17-33-59(64)62-44-50(38-41-66(62)68)69(47-22-6-2-7-23-47,48-24-8-3-9-25-48)49-37-39-57-55-30-13-12-28-53(55)51-26-10-11-27-52(51)54-29-14-15-31-56(54)60(57)43-49/h1-44H. The predicted octanol–water partition coefficient (Wildman–Crippen LogP) is 18.2. The van der Waals surface area contributed by atoms with Crippen LogP contribution in [0.5, 0.6) is 0 Å². The summed E-state index contributed by atoms with van der Waals surface area (Å²) in [6, 6.07) is 99.6. The fourth-order valence-electron chi connectivity index (χ4n) is 11.5. The molecule has 0 amide bonds. The predicted molar refractivity (Wildman–Crippen MR) is 290 cm³/mol. The van der Waals surface area contributed by atoms with Crippen molar-refractivity contribution in [2.24, 2.45) is 0 Å². The average molecular weight is 897 g/mol. The highest BCUT2D eigenvalue weighted by atomic mass is 32.3. The topological polar surface area (TPSA) is 9.86 Å². The lowest BCUT2D eigenvalue weighted by molar-refractivity contribution is 1.16. The molecule has 13 aromatic rings. The molecule has 11 aromatic carbocycles. The lowest BCUT2D eigenvalue weighted by Gasteiger charge is -2.42. The van der Waals surface area contributed by atoms with Gasteiger partial charge in [-0.2, -0.15) is 0 Å². The summed E-state index contributed by atoms with van der Waals surface area (Å²) in [4.78, 5) is 5.18. The molecule has 1 aliphatic carbocycles. The molecule has 0 spiro atoms. The fourth-order valence-corrected chi connectivity index (χ4v) is 15.4. The molecule has 0 unspecified atom stereocenters. The summed E-state index contributed by atoms with van der Waals surface area (Å²) in [6.07, 6.45) is 0. The van der Waals surface area contributed by atoms with Crippen LogP contribution in [0.1, 0.15) is 0 Å². The third kappa shape index (κ3) is 5.94. The minimum Gasteiger partial charge on any atom is -0.309 e. The maximum absolute atomic E-state index is 2.54. The Labute approximate surface area is 403 Å². The minimum atomic E-state index is -2.11. The lowest BCUT2D eigenvalue weighted by atomic mass is 9.81. The van der Waals surface area contributed by atoms with Gasteiger partial charge in [0.05, 0.1) is 22.1 Å². The van der Waals surface area contributed by atoms with Crippen molar-refractivity contribution in [3.8, 4) is 55.9 Å². The van der Waals surface area contributed by atoms with Gasteiger partial charge in [0.2, 0.25) is 0 Å².